The monoisotopic (exact) mass is 122 g/mol. The summed E-state index contributed by atoms with van der Waals surface area (Å²) in [6.07, 6.45) is 1.45. The first-order valence-electron chi connectivity index (χ1n) is 2.53. The third-order valence-electron chi connectivity index (χ3n) is 0.893. The zero-order valence-electron chi connectivity index (χ0n) is 5.59. The van der Waals surface area contributed by atoms with Gasteiger partial charge in [-0.1, -0.05) is 13.2 Å². The fourth-order valence-corrected chi connectivity index (χ4v) is 0.326. The summed E-state index contributed by atoms with van der Waals surface area (Å²) in [7, 11) is 0. The highest BCUT2D eigenvalue weighted by Gasteiger charge is 1.89. The minimum Gasteiger partial charge on any atom is -0.263 e. The van der Waals surface area contributed by atoms with Gasteiger partial charge in [-0.25, -0.2) is 0 Å². The van der Waals surface area contributed by atoms with Crippen molar-refractivity contribution >= 4 is 12.4 Å². The lowest BCUT2D eigenvalue weighted by atomic mass is 10.3. The normalized spacial score (nSPS) is 10.6. The fraction of sp³-hybridized carbons (Fsp3) is 0.143. The topological polar surface area (TPSA) is 24.7 Å². The average Bonchev–Trinajstić information content (AvgIpc) is 1.87. The lowest BCUT2D eigenvalue weighted by Crippen LogP contribution is -1.90. The zero-order chi connectivity index (χ0) is 7.28. The molecule has 9 heavy (non-hydrogen) atoms. The van der Waals surface area contributed by atoms with Crippen LogP contribution in [0.2, 0.25) is 0 Å². The lowest BCUT2D eigenvalue weighted by Gasteiger charge is -1.92. The molecule has 0 aliphatic heterocycles. The summed E-state index contributed by atoms with van der Waals surface area (Å²) >= 11 is 0. The Bertz CT molecular complexity index is 166. The van der Waals surface area contributed by atoms with Crippen LogP contribution in [0.1, 0.15) is 6.92 Å². The van der Waals surface area contributed by atoms with E-state index in [0.717, 1.165) is 5.71 Å². The SMILES string of the molecule is C=C/N=C(/C)C(=C)N=C. The van der Waals surface area contributed by atoms with Crippen LogP contribution in [0.5, 0.6) is 0 Å². The second-order valence-corrected chi connectivity index (χ2v) is 1.50. The Kier molecular flexibility index (Phi) is 3.28. The molecule has 48 valence electrons. The van der Waals surface area contributed by atoms with E-state index >= 15 is 0 Å². The maximum atomic E-state index is 3.84. The molecule has 0 radical (unpaired) electrons. The van der Waals surface area contributed by atoms with E-state index in [4.69, 9.17) is 0 Å². The van der Waals surface area contributed by atoms with Crippen molar-refractivity contribution in [1.29, 1.82) is 0 Å². The van der Waals surface area contributed by atoms with Gasteiger partial charge >= 0.3 is 0 Å². The summed E-state index contributed by atoms with van der Waals surface area (Å²) in [6, 6.07) is 0. The predicted octanol–water partition coefficient (Wildman–Crippen LogP) is 1.81. The molecule has 0 aliphatic rings. The van der Waals surface area contributed by atoms with Gasteiger partial charge in [-0.15, -0.1) is 0 Å². The number of hydrogen-bond acceptors (Lipinski definition) is 2. The summed E-state index contributed by atoms with van der Waals surface area (Å²) < 4.78 is 0. The Hall–Kier alpha value is -1.18. The first-order chi connectivity index (χ1) is 4.22. The van der Waals surface area contributed by atoms with Crippen LogP contribution in [0, 0.1) is 0 Å². The van der Waals surface area contributed by atoms with Gasteiger partial charge in [0.2, 0.25) is 0 Å². The van der Waals surface area contributed by atoms with Crippen molar-refractivity contribution < 1.29 is 0 Å². The summed E-state index contributed by atoms with van der Waals surface area (Å²) in [5, 5.41) is 0. The van der Waals surface area contributed by atoms with Gasteiger partial charge in [-0.2, -0.15) is 0 Å². The molecule has 0 saturated heterocycles. The maximum Gasteiger partial charge on any atom is 0.0762 e. The minimum atomic E-state index is 0.593. The maximum absolute atomic E-state index is 3.84. The largest absolute Gasteiger partial charge is 0.263 e. The third kappa shape index (κ3) is 2.59. The van der Waals surface area contributed by atoms with Gasteiger partial charge in [0.1, 0.15) is 0 Å². The highest BCUT2D eigenvalue weighted by atomic mass is 14.8. The summed E-state index contributed by atoms with van der Waals surface area (Å²) in [5.41, 5.74) is 1.34. The van der Waals surface area contributed by atoms with Crippen molar-refractivity contribution in [2.75, 3.05) is 0 Å². The number of hydrogen-bond donors (Lipinski definition) is 0. The quantitative estimate of drug-likeness (QED) is 0.510. The molecule has 2 nitrogen and oxygen atoms in total. The van der Waals surface area contributed by atoms with Gasteiger partial charge in [0, 0.05) is 6.20 Å². The van der Waals surface area contributed by atoms with Crippen molar-refractivity contribution in [3.8, 4) is 0 Å². The molecule has 0 atom stereocenters. The van der Waals surface area contributed by atoms with Crippen molar-refractivity contribution in [2.45, 2.75) is 6.92 Å². The van der Waals surface area contributed by atoms with Crippen LogP contribution in [-0.2, 0) is 0 Å². The number of nitrogens with zero attached hydrogens (tertiary/aromatic N) is 2. The molecule has 0 N–H and O–H groups in total. The second-order valence-electron chi connectivity index (χ2n) is 1.50. The van der Waals surface area contributed by atoms with Gasteiger partial charge in [0.25, 0.3) is 0 Å². The Morgan fingerprint density at radius 1 is 1.56 bits per heavy atom. The van der Waals surface area contributed by atoms with Crippen LogP contribution >= 0.6 is 0 Å². The van der Waals surface area contributed by atoms with Crippen LogP contribution < -0.4 is 0 Å². The van der Waals surface area contributed by atoms with E-state index in [1.165, 1.54) is 6.20 Å². The molecule has 0 amide bonds. The molecule has 0 aromatic rings. The molecule has 0 fully saturated rings. The summed E-state index contributed by atoms with van der Waals surface area (Å²) in [5.74, 6) is 0. The van der Waals surface area contributed by atoms with Crippen molar-refractivity contribution in [2.24, 2.45) is 9.98 Å². The third-order valence-corrected chi connectivity index (χ3v) is 0.893. The zero-order valence-corrected chi connectivity index (χ0v) is 5.59. The van der Waals surface area contributed by atoms with E-state index in [9.17, 15) is 0 Å². The molecule has 2 heteroatoms. The van der Waals surface area contributed by atoms with E-state index in [0.29, 0.717) is 5.70 Å². The van der Waals surface area contributed by atoms with Crippen LogP contribution in [0.15, 0.2) is 35.0 Å². The van der Waals surface area contributed by atoms with E-state index < -0.39 is 0 Å². The number of rotatable bonds is 3. The van der Waals surface area contributed by atoms with Crippen molar-refractivity contribution in [3.63, 3.8) is 0 Å². The highest BCUT2D eigenvalue weighted by Crippen LogP contribution is 1.94. The van der Waals surface area contributed by atoms with Crippen molar-refractivity contribution in [1.82, 2.24) is 0 Å². The molecule has 0 spiro atoms. The molecule has 0 aromatic heterocycles. The van der Waals surface area contributed by atoms with Crippen molar-refractivity contribution in [3.05, 3.63) is 25.1 Å². The molecular weight excluding hydrogens is 112 g/mol. The second kappa shape index (κ2) is 3.78. The Balaban J connectivity index is 4.18. The van der Waals surface area contributed by atoms with Crippen LogP contribution in [0.4, 0.5) is 0 Å². The molecule has 0 aromatic carbocycles. The van der Waals surface area contributed by atoms with Crippen LogP contribution in [0.3, 0.4) is 0 Å². The molecule has 0 rings (SSSR count). The van der Waals surface area contributed by atoms with E-state index in [1.54, 1.807) is 6.92 Å². The molecule has 0 bridgehead atoms. The predicted molar refractivity (Wildman–Crippen MR) is 42.0 cm³/mol. The Morgan fingerprint density at radius 3 is 2.44 bits per heavy atom. The average molecular weight is 122 g/mol. The Morgan fingerprint density at radius 2 is 2.11 bits per heavy atom. The molecule has 0 heterocycles. The van der Waals surface area contributed by atoms with Gasteiger partial charge in [-0.3, -0.25) is 9.98 Å². The smallest absolute Gasteiger partial charge is 0.0762 e. The first kappa shape index (κ1) is 7.82. The summed E-state index contributed by atoms with van der Waals surface area (Å²) in [6.45, 7) is 12.1. The molecule has 0 saturated carbocycles. The number of aliphatic imine (C=N–C) groups is 2. The Labute approximate surface area is 55.3 Å². The van der Waals surface area contributed by atoms with Gasteiger partial charge in [0.05, 0.1) is 11.4 Å². The highest BCUT2D eigenvalue weighted by molar-refractivity contribution is 5.98. The molecular formula is C7H10N2. The van der Waals surface area contributed by atoms with E-state index in [1.807, 2.05) is 0 Å². The van der Waals surface area contributed by atoms with Gasteiger partial charge in [0.15, 0.2) is 0 Å². The minimum absolute atomic E-state index is 0.593. The van der Waals surface area contributed by atoms with Crippen LogP contribution in [0.25, 0.3) is 0 Å². The molecule has 0 aliphatic carbocycles. The van der Waals surface area contributed by atoms with E-state index in [2.05, 4.69) is 29.9 Å². The fourth-order valence-electron chi connectivity index (χ4n) is 0.326. The summed E-state index contributed by atoms with van der Waals surface area (Å²) in [4.78, 5) is 7.43. The van der Waals surface area contributed by atoms with Crippen LogP contribution in [-0.4, -0.2) is 12.4 Å². The van der Waals surface area contributed by atoms with E-state index in [-0.39, 0.29) is 0 Å². The van der Waals surface area contributed by atoms with Gasteiger partial charge in [-0.05, 0) is 13.6 Å². The number of allylic oxidation sites excluding steroid dienone is 1. The standard InChI is InChI=1S/C7H10N2/c1-5-9-7(3)6(2)8-4/h5H,1-2,4H2,3H3/b9-7-. The lowest BCUT2D eigenvalue weighted by molar-refractivity contribution is 1.44. The molecule has 0 unspecified atom stereocenters. The van der Waals surface area contributed by atoms with Gasteiger partial charge < -0.3 is 0 Å². The first-order valence-corrected chi connectivity index (χ1v) is 2.53.